The monoisotopic (exact) mass is 366 g/mol. The molecule has 0 fully saturated rings. The zero-order valence-electron chi connectivity index (χ0n) is 13.7. The maximum absolute atomic E-state index is 13.9. The minimum atomic E-state index is -3.77. The second kappa shape index (κ2) is 8.59. The van der Waals surface area contributed by atoms with Crippen molar-refractivity contribution >= 4 is 15.9 Å². The molecule has 8 heteroatoms. The third-order valence-corrected chi connectivity index (χ3v) is 4.77. The van der Waals surface area contributed by atoms with Crippen molar-refractivity contribution in [3.8, 4) is 5.75 Å². The van der Waals surface area contributed by atoms with Gasteiger partial charge in [-0.3, -0.25) is 4.79 Å². The minimum Gasteiger partial charge on any atom is -0.492 e. The summed E-state index contributed by atoms with van der Waals surface area (Å²) in [5, 5.41) is 2.50. The van der Waals surface area contributed by atoms with Crippen molar-refractivity contribution < 1.29 is 22.3 Å². The molecule has 0 aliphatic carbocycles. The standard InChI is InChI=1S/C17H19FN2O4S/c1-2-20-25(22,23)14-8-9-16(18)15(12-14)17(21)19-10-11-24-13-6-4-3-5-7-13/h3-9,12,20H,2,10-11H2,1H3,(H,19,21). The summed E-state index contributed by atoms with van der Waals surface area (Å²) in [6.45, 7) is 2.17. The fourth-order valence-electron chi connectivity index (χ4n) is 2.06. The topological polar surface area (TPSA) is 84.5 Å². The molecule has 0 spiro atoms. The quantitative estimate of drug-likeness (QED) is 0.699. The first-order valence-electron chi connectivity index (χ1n) is 7.69. The molecule has 1 amide bonds. The summed E-state index contributed by atoms with van der Waals surface area (Å²) < 4.78 is 45.5. The number of hydrogen-bond acceptors (Lipinski definition) is 4. The van der Waals surface area contributed by atoms with Crippen LogP contribution in [0.5, 0.6) is 5.75 Å². The number of para-hydroxylation sites is 1. The highest BCUT2D eigenvalue weighted by Gasteiger charge is 2.18. The van der Waals surface area contributed by atoms with E-state index < -0.39 is 21.7 Å². The van der Waals surface area contributed by atoms with Crippen LogP contribution in [0.2, 0.25) is 0 Å². The Morgan fingerprint density at radius 3 is 2.56 bits per heavy atom. The largest absolute Gasteiger partial charge is 0.492 e. The summed E-state index contributed by atoms with van der Waals surface area (Å²) in [4.78, 5) is 11.9. The average Bonchev–Trinajstić information content (AvgIpc) is 2.59. The summed E-state index contributed by atoms with van der Waals surface area (Å²) in [6, 6.07) is 12.1. The fraction of sp³-hybridized carbons (Fsp3) is 0.235. The van der Waals surface area contributed by atoms with Gasteiger partial charge in [-0.05, 0) is 30.3 Å². The van der Waals surface area contributed by atoms with E-state index in [2.05, 4.69) is 10.0 Å². The van der Waals surface area contributed by atoms with Gasteiger partial charge in [0.15, 0.2) is 0 Å². The van der Waals surface area contributed by atoms with Crippen LogP contribution in [0.25, 0.3) is 0 Å². The Hall–Kier alpha value is -2.45. The second-order valence-corrected chi connectivity index (χ2v) is 6.83. The molecule has 25 heavy (non-hydrogen) atoms. The minimum absolute atomic E-state index is 0.150. The molecule has 0 unspecified atom stereocenters. The number of ether oxygens (including phenoxy) is 1. The first-order chi connectivity index (χ1) is 11.9. The molecule has 6 nitrogen and oxygen atoms in total. The van der Waals surface area contributed by atoms with E-state index in [1.54, 1.807) is 19.1 Å². The highest BCUT2D eigenvalue weighted by atomic mass is 32.2. The Morgan fingerprint density at radius 1 is 1.16 bits per heavy atom. The van der Waals surface area contributed by atoms with E-state index in [9.17, 15) is 17.6 Å². The molecular formula is C17H19FN2O4S. The first-order valence-corrected chi connectivity index (χ1v) is 9.17. The fourth-order valence-corrected chi connectivity index (χ4v) is 3.13. The zero-order chi connectivity index (χ0) is 18.3. The van der Waals surface area contributed by atoms with Crippen LogP contribution in [-0.2, 0) is 10.0 Å². The molecule has 2 N–H and O–H groups in total. The molecule has 2 rings (SSSR count). The Morgan fingerprint density at radius 2 is 1.88 bits per heavy atom. The predicted octanol–water partition coefficient (Wildman–Crippen LogP) is 1.93. The maximum atomic E-state index is 13.9. The second-order valence-electron chi connectivity index (χ2n) is 5.06. The third kappa shape index (κ3) is 5.27. The Labute approximate surface area is 146 Å². The number of amides is 1. The molecule has 134 valence electrons. The highest BCUT2D eigenvalue weighted by molar-refractivity contribution is 7.89. The van der Waals surface area contributed by atoms with Crippen molar-refractivity contribution in [2.45, 2.75) is 11.8 Å². The van der Waals surface area contributed by atoms with Crippen molar-refractivity contribution in [3.05, 3.63) is 59.9 Å². The van der Waals surface area contributed by atoms with Gasteiger partial charge in [0.05, 0.1) is 17.0 Å². The zero-order valence-corrected chi connectivity index (χ0v) is 14.5. The van der Waals surface area contributed by atoms with Crippen LogP contribution < -0.4 is 14.8 Å². The van der Waals surface area contributed by atoms with Gasteiger partial charge in [0, 0.05) is 6.54 Å². The van der Waals surface area contributed by atoms with Gasteiger partial charge in [0.2, 0.25) is 10.0 Å². The van der Waals surface area contributed by atoms with Gasteiger partial charge in [0.25, 0.3) is 5.91 Å². The highest BCUT2D eigenvalue weighted by Crippen LogP contribution is 2.15. The Kier molecular flexibility index (Phi) is 6.49. The molecule has 0 bridgehead atoms. The van der Waals surface area contributed by atoms with E-state index in [0.717, 1.165) is 18.2 Å². The normalized spacial score (nSPS) is 11.1. The van der Waals surface area contributed by atoms with Crippen LogP contribution in [-0.4, -0.2) is 34.0 Å². The summed E-state index contributed by atoms with van der Waals surface area (Å²) in [5.74, 6) is -0.846. The first kappa shape index (κ1) is 18.9. The molecule has 0 saturated carbocycles. The SMILES string of the molecule is CCNS(=O)(=O)c1ccc(F)c(C(=O)NCCOc2ccccc2)c1. The van der Waals surface area contributed by atoms with E-state index >= 15 is 0 Å². The summed E-state index contributed by atoms with van der Waals surface area (Å²) in [6.07, 6.45) is 0. The van der Waals surface area contributed by atoms with Crippen LogP contribution in [0.1, 0.15) is 17.3 Å². The van der Waals surface area contributed by atoms with Gasteiger partial charge in [0.1, 0.15) is 18.2 Å². The van der Waals surface area contributed by atoms with Gasteiger partial charge in [-0.1, -0.05) is 25.1 Å². The van der Waals surface area contributed by atoms with Gasteiger partial charge in [-0.2, -0.15) is 0 Å². The molecular weight excluding hydrogens is 347 g/mol. The van der Waals surface area contributed by atoms with Crippen LogP contribution in [0.15, 0.2) is 53.4 Å². The summed E-state index contributed by atoms with van der Waals surface area (Å²) in [5.41, 5.74) is -0.335. The third-order valence-electron chi connectivity index (χ3n) is 3.23. The molecule has 0 aromatic heterocycles. The van der Waals surface area contributed by atoms with Crippen molar-refractivity contribution in [1.29, 1.82) is 0 Å². The molecule has 0 radical (unpaired) electrons. The van der Waals surface area contributed by atoms with Gasteiger partial charge in [-0.15, -0.1) is 0 Å². The van der Waals surface area contributed by atoms with Crippen molar-refractivity contribution in [2.24, 2.45) is 0 Å². The van der Waals surface area contributed by atoms with Gasteiger partial charge < -0.3 is 10.1 Å². The summed E-state index contributed by atoms with van der Waals surface area (Å²) in [7, 11) is -3.77. The van der Waals surface area contributed by atoms with E-state index in [1.807, 2.05) is 18.2 Å². The lowest BCUT2D eigenvalue weighted by Crippen LogP contribution is -2.29. The molecule has 0 saturated heterocycles. The number of carbonyl (C=O) groups is 1. The van der Waals surface area contributed by atoms with Crippen LogP contribution in [0.3, 0.4) is 0 Å². The van der Waals surface area contributed by atoms with E-state index in [4.69, 9.17) is 4.74 Å². The van der Waals surface area contributed by atoms with Crippen molar-refractivity contribution in [3.63, 3.8) is 0 Å². The molecule has 0 aliphatic rings. The predicted molar refractivity (Wildman–Crippen MR) is 91.5 cm³/mol. The maximum Gasteiger partial charge on any atom is 0.254 e. The molecule has 0 heterocycles. The lowest BCUT2D eigenvalue weighted by molar-refractivity contribution is 0.0942. The van der Waals surface area contributed by atoms with Crippen LogP contribution in [0, 0.1) is 5.82 Å². The van der Waals surface area contributed by atoms with Crippen LogP contribution >= 0.6 is 0 Å². The molecule has 0 atom stereocenters. The van der Waals surface area contributed by atoms with Crippen LogP contribution in [0.4, 0.5) is 4.39 Å². The Balaban J connectivity index is 1.99. The lowest BCUT2D eigenvalue weighted by atomic mass is 10.2. The number of rotatable bonds is 8. The molecule has 2 aromatic carbocycles. The number of carbonyl (C=O) groups excluding carboxylic acids is 1. The van der Waals surface area contributed by atoms with E-state index in [1.165, 1.54) is 0 Å². The number of nitrogens with one attached hydrogen (secondary N) is 2. The number of hydrogen-bond donors (Lipinski definition) is 2. The van der Waals surface area contributed by atoms with Gasteiger partial charge >= 0.3 is 0 Å². The van der Waals surface area contributed by atoms with Gasteiger partial charge in [-0.25, -0.2) is 17.5 Å². The molecule has 0 aliphatic heterocycles. The summed E-state index contributed by atoms with van der Waals surface area (Å²) >= 11 is 0. The lowest BCUT2D eigenvalue weighted by Gasteiger charge is -2.10. The smallest absolute Gasteiger partial charge is 0.254 e. The number of sulfonamides is 1. The van der Waals surface area contributed by atoms with Crippen molar-refractivity contribution in [1.82, 2.24) is 10.0 Å². The Bertz CT molecular complexity index is 826. The molecule has 2 aromatic rings. The average molecular weight is 366 g/mol. The number of benzene rings is 2. The van der Waals surface area contributed by atoms with E-state index in [-0.39, 0.29) is 30.2 Å². The van der Waals surface area contributed by atoms with Crippen molar-refractivity contribution in [2.75, 3.05) is 19.7 Å². The number of halogens is 1. The van der Waals surface area contributed by atoms with E-state index in [0.29, 0.717) is 5.75 Å².